The lowest BCUT2D eigenvalue weighted by atomic mass is 10.1. The molecule has 12 heteroatoms. The molecular weight excluding hydrogens is 549 g/mol. The number of amides is 3. The molecule has 0 saturated carbocycles. The number of ether oxygens (including phenoxy) is 2. The fraction of sp³-hybridized carbons (Fsp3) is 0.310. The summed E-state index contributed by atoms with van der Waals surface area (Å²) in [7, 11) is 1.57. The molecule has 5 N–H and O–H groups in total. The first-order chi connectivity index (χ1) is 19.6. The van der Waals surface area contributed by atoms with Gasteiger partial charge in [0, 0.05) is 41.0 Å². The Bertz CT molecular complexity index is 1400. The van der Waals surface area contributed by atoms with Gasteiger partial charge >= 0.3 is 0 Å². The molecule has 3 atom stereocenters. The Morgan fingerprint density at radius 1 is 1.12 bits per heavy atom. The third kappa shape index (κ3) is 7.68. The first kappa shape index (κ1) is 29.7. The summed E-state index contributed by atoms with van der Waals surface area (Å²) in [5.74, 6) is -0.646. The highest BCUT2D eigenvalue weighted by molar-refractivity contribution is 7.10. The van der Waals surface area contributed by atoms with Crippen LogP contribution in [0.25, 0.3) is 0 Å². The quantitative estimate of drug-likeness (QED) is 0.202. The molecule has 10 nitrogen and oxygen atoms in total. The molecular formula is C29H32FN5O5S. The molecule has 0 spiro atoms. The summed E-state index contributed by atoms with van der Waals surface area (Å²) in [6, 6.07) is 12.6. The number of methoxy groups -OCH3 is 1. The molecule has 1 aliphatic heterocycles. The van der Waals surface area contributed by atoms with E-state index in [4.69, 9.17) is 20.6 Å². The number of nitrogens with zero attached hydrogens (tertiary/aromatic N) is 1. The number of hydrogen-bond donors (Lipinski definition) is 4. The van der Waals surface area contributed by atoms with E-state index >= 15 is 0 Å². The van der Waals surface area contributed by atoms with Crippen LogP contribution >= 0.6 is 11.3 Å². The van der Waals surface area contributed by atoms with Crippen LogP contribution < -0.4 is 21.1 Å². The van der Waals surface area contributed by atoms with Gasteiger partial charge in [-0.25, -0.2) is 4.39 Å². The largest absolute Gasteiger partial charge is 0.457 e. The van der Waals surface area contributed by atoms with Crippen molar-refractivity contribution < 1.29 is 28.2 Å². The van der Waals surface area contributed by atoms with Gasteiger partial charge in [0.25, 0.3) is 5.91 Å². The lowest BCUT2D eigenvalue weighted by molar-refractivity contribution is -0.138. The van der Waals surface area contributed by atoms with Crippen LogP contribution in [0, 0.1) is 17.1 Å². The zero-order valence-corrected chi connectivity index (χ0v) is 23.5. The van der Waals surface area contributed by atoms with E-state index in [0.29, 0.717) is 42.2 Å². The number of carbonyl (C=O) groups is 3. The third-order valence-electron chi connectivity index (χ3n) is 6.70. The zero-order chi connectivity index (χ0) is 29.5. The van der Waals surface area contributed by atoms with Gasteiger partial charge in [0.2, 0.25) is 11.8 Å². The second-order valence-corrected chi connectivity index (χ2v) is 10.7. The Morgan fingerprint density at radius 2 is 1.78 bits per heavy atom. The van der Waals surface area contributed by atoms with Crippen molar-refractivity contribution in [3.63, 3.8) is 0 Å². The molecule has 2 aromatic carbocycles. The van der Waals surface area contributed by atoms with Gasteiger partial charge in [-0.05, 0) is 67.9 Å². The van der Waals surface area contributed by atoms with Crippen LogP contribution in [0.15, 0.2) is 60.0 Å². The highest BCUT2D eigenvalue weighted by atomic mass is 32.1. The molecule has 41 heavy (non-hydrogen) atoms. The summed E-state index contributed by atoms with van der Waals surface area (Å²) in [6.07, 6.45) is 0.435. The average molecular weight is 582 g/mol. The van der Waals surface area contributed by atoms with E-state index in [1.807, 2.05) is 6.92 Å². The second kappa shape index (κ2) is 13.4. The minimum Gasteiger partial charge on any atom is -0.457 e. The van der Waals surface area contributed by atoms with E-state index in [0.717, 1.165) is 4.88 Å². The van der Waals surface area contributed by atoms with Gasteiger partial charge < -0.3 is 30.7 Å². The predicted molar refractivity (Wildman–Crippen MR) is 153 cm³/mol. The molecule has 1 saturated heterocycles. The molecule has 3 aromatic rings. The lowest BCUT2D eigenvalue weighted by Gasteiger charge is -2.25. The number of thiophene rings is 1. The highest BCUT2D eigenvalue weighted by Crippen LogP contribution is 2.27. The minimum absolute atomic E-state index is 0.0228. The van der Waals surface area contributed by atoms with Crippen LogP contribution in [0.4, 0.5) is 4.39 Å². The molecule has 0 radical (unpaired) electrons. The van der Waals surface area contributed by atoms with Crippen LogP contribution in [0.1, 0.15) is 40.2 Å². The smallest absolute Gasteiger partial charge is 0.251 e. The summed E-state index contributed by atoms with van der Waals surface area (Å²) in [5.41, 5.74) is 6.47. The average Bonchev–Trinajstić information content (AvgIpc) is 3.62. The molecule has 0 aliphatic carbocycles. The number of nitrogens with two attached hydrogens (primary N) is 1. The van der Waals surface area contributed by atoms with Crippen molar-refractivity contribution in [2.45, 2.75) is 25.4 Å². The number of benzene rings is 2. The monoisotopic (exact) mass is 581 g/mol. The van der Waals surface area contributed by atoms with Gasteiger partial charge in [0.1, 0.15) is 29.2 Å². The maximum Gasteiger partial charge on any atom is 0.251 e. The van der Waals surface area contributed by atoms with E-state index < -0.39 is 11.9 Å². The highest BCUT2D eigenvalue weighted by Gasteiger charge is 2.39. The minimum atomic E-state index is -0.711. The summed E-state index contributed by atoms with van der Waals surface area (Å²) in [6.45, 7) is 2.28. The Labute approximate surface area is 241 Å². The number of nitrogen functional groups attached to an aromatic ring is 1. The van der Waals surface area contributed by atoms with Crippen LogP contribution in [-0.4, -0.2) is 61.3 Å². The number of likely N-dealkylation sites (tertiary alicyclic amines) is 1. The molecule has 1 aliphatic rings. The van der Waals surface area contributed by atoms with Crippen molar-refractivity contribution in [1.82, 2.24) is 15.5 Å². The van der Waals surface area contributed by atoms with Gasteiger partial charge in [-0.1, -0.05) is 0 Å². The number of nitrogens with one attached hydrogen (secondary N) is 3. The number of rotatable bonds is 11. The van der Waals surface area contributed by atoms with E-state index in [9.17, 15) is 18.8 Å². The van der Waals surface area contributed by atoms with Crippen LogP contribution in [0.3, 0.4) is 0 Å². The van der Waals surface area contributed by atoms with Crippen molar-refractivity contribution in [1.29, 1.82) is 5.41 Å². The molecule has 0 bridgehead atoms. The fourth-order valence-electron chi connectivity index (χ4n) is 4.58. The van der Waals surface area contributed by atoms with Gasteiger partial charge in [-0.2, -0.15) is 0 Å². The Hall–Kier alpha value is -4.29. The van der Waals surface area contributed by atoms with Crippen LogP contribution in [0.2, 0.25) is 0 Å². The second-order valence-electron chi connectivity index (χ2n) is 9.76. The maximum atomic E-state index is 13.2. The van der Waals surface area contributed by atoms with Gasteiger partial charge in [-0.3, -0.25) is 19.8 Å². The molecule has 3 amide bonds. The fourth-order valence-corrected chi connectivity index (χ4v) is 5.49. The lowest BCUT2D eigenvalue weighted by Crippen LogP contribution is -2.49. The van der Waals surface area contributed by atoms with Gasteiger partial charge in [-0.15, -0.1) is 11.3 Å². The van der Waals surface area contributed by atoms with E-state index in [-0.39, 0.29) is 42.0 Å². The Morgan fingerprint density at radius 3 is 2.39 bits per heavy atom. The normalized spacial score (nSPS) is 17.1. The Balaban J connectivity index is 1.34. The standard InChI is InChI=1S/C29H32FN5O5S/c1-17(25-12-20(16-41-25)27(31)32)34-29(38)24-11-18(15-39-2)14-35(24)26(36)13-33-28(37)19-3-7-22(8-4-19)40-23-9-5-21(30)6-10-23/h3-10,12,16-18,24H,11,13-15H2,1-2H3,(H3,31,32)(H,33,37)(H,34,38)/t17-,18+,24+/m1/s1. The van der Waals surface area contributed by atoms with Gasteiger partial charge in [0.05, 0.1) is 19.2 Å². The number of halogens is 1. The summed E-state index contributed by atoms with van der Waals surface area (Å²) in [5, 5.41) is 14.9. The maximum absolute atomic E-state index is 13.2. The van der Waals surface area contributed by atoms with Crippen molar-refractivity contribution in [3.05, 3.63) is 81.8 Å². The number of hydrogen-bond acceptors (Lipinski definition) is 7. The first-order valence-corrected chi connectivity index (χ1v) is 13.9. The number of amidine groups is 1. The van der Waals surface area contributed by atoms with E-state index in [1.54, 1.807) is 42.8 Å². The summed E-state index contributed by atoms with van der Waals surface area (Å²) in [4.78, 5) is 41.5. The van der Waals surface area contributed by atoms with E-state index in [1.165, 1.54) is 40.5 Å². The Kier molecular flexibility index (Phi) is 9.69. The van der Waals surface area contributed by atoms with E-state index in [2.05, 4.69) is 10.6 Å². The van der Waals surface area contributed by atoms with Crippen molar-refractivity contribution >= 4 is 34.9 Å². The molecule has 1 aromatic heterocycles. The van der Waals surface area contributed by atoms with Crippen LogP contribution in [-0.2, 0) is 14.3 Å². The van der Waals surface area contributed by atoms with Crippen LogP contribution in [0.5, 0.6) is 11.5 Å². The molecule has 4 rings (SSSR count). The summed E-state index contributed by atoms with van der Waals surface area (Å²) < 4.78 is 24.0. The van der Waals surface area contributed by atoms with Gasteiger partial charge in [0.15, 0.2) is 0 Å². The molecule has 1 fully saturated rings. The third-order valence-corrected chi connectivity index (χ3v) is 7.81. The topological polar surface area (TPSA) is 147 Å². The number of carbonyl (C=O) groups excluding carboxylic acids is 3. The molecule has 0 unspecified atom stereocenters. The summed E-state index contributed by atoms with van der Waals surface area (Å²) >= 11 is 1.39. The van der Waals surface area contributed by atoms with Crippen molar-refractivity contribution in [2.75, 3.05) is 26.8 Å². The van der Waals surface area contributed by atoms with Crippen molar-refractivity contribution in [2.24, 2.45) is 11.7 Å². The zero-order valence-electron chi connectivity index (χ0n) is 22.7. The molecule has 216 valence electrons. The SMILES string of the molecule is COC[C@H]1C[C@@H](C(=O)N[C@H](C)c2cc(C(=N)N)cs2)N(C(=O)CNC(=O)c2ccc(Oc3ccc(F)cc3)cc2)C1. The van der Waals surface area contributed by atoms with Crippen molar-refractivity contribution in [3.8, 4) is 11.5 Å². The molecule has 2 heterocycles. The predicted octanol–water partition coefficient (Wildman–Crippen LogP) is 3.43. The first-order valence-electron chi connectivity index (χ1n) is 13.0.